The van der Waals surface area contributed by atoms with Crippen LogP contribution in [0.25, 0.3) is 0 Å². The SMILES string of the molecule is NC(=O)c1cccc(CNC2CCOC2c2ccc(Cl)cc2)c1. The Balaban J connectivity index is 1.66. The van der Waals surface area contributed by atoms with Crippen LogP contribution in [0.15, 0.2) is 48.5 Å². The maximum Gasteiger partial charge on any atom is 0.248 e. The van der Waals surface area contributed by atoms with Crippen molar-refractivity contribution in [3.05, 3.63) is 70.2 Å². The molecular formula is C18H19ClN2O2. The van der Waals surface area contributed by atoms with E-state index in [0.29, 0.717) is 12.1 Å². The number of primary amides is 1. The minimum absolute atomic E-state index is 0.0200. The van der Waals surface area contributed by atoms with Gasteiger partial charge in [-0.25, -0.2) is 0 Å². The van der Waals surface area contributed by atoms with Crippen molar-refractivity contribution in [2.24, 2.45) is 5.73 Å². The van der Waals surface area contributed by atoms with E-state index >= 15 is 0 Å². The number of ether oxygens (including phenoxy) is 1. The summed E-state index contributed by atoms with van der Waals surface area (Å²) < 4.78 is 5.86. The number of carbonyl (C=O) groups excluding carboxylic acids is 1. The van der Waals surface area contributed by atoms with Gasteiger partial charge in [0.2, 0.25) is 5.91 Å². The molecule has 1 aliphatic heterocycles. The second-order valence-electron chi connectivity index (χ2n) is 5.68. The number of amides is 1. The van der Waals surface area contributed by atoms with E-state index in [1.807, 2.05) is 42.5 Å². The van der Waals surface area contributed by atoms with E-state index in [0.717, 1.165) is 29.2 Å². The van der Waals surface area contributed by atoms with E-state index in [4.69, 9.17) is 22.1 Å². The van der Waals surface area contributed by atoms with E-state index in [1.54, 1.807) is 6.07 Å². The van der Waals surface area contributed by atoms with Gasteiger partial charge in [-0.2, -0.15) is 0 Å². The van der Waals surface area contributed by atoms with Crippen LogP contribution in [0.5, 0.6) is 0 Å². The maximum atomic E-state index is 11.2. The lowest BCUT2D eigenvalue weighted by Gasteiger charge is -2.20. The van der Waals surface area contributed by atoms with Gasteiger partial charge in [0.1, 0.15) is 0 Å². The number of hydrogen-bond donors (Lipinski definition) is 2. The van der Waals surface area contributed by atoms with Crippen molar-refractivity contribution in [2.75, 3.05) is 6.61 Å². The number of nitrogens with one attached hydrogen (secondary N) is 1. The fourth-order valence-corrected chi connectivity index (χ4v) is 2.99. The molecule has 0 radical (unpaired) electrons. The smallest absolute Gasteiger partial charge is 0.248 e. The highest BCUT2D eigenvalue weighted by atomic mass is 35.5. The zero-order valence-electron chi connectivity index (χ0n) is 12.7. The van der Waals surface area contributed by atoms with Crippen molar-refractivity contribution in [1.29, 1.82) is 0 Å². The summed E-state index contributed by atoms with van der Waals surface area (Å²) in [5.74, 6) is -0.407. The van der Waals surface area contributed by atoms with Crippen LogP contribution in [0.2, 0.25) is 5.02 Å². The summed E-state index contributed by atoms with van der Waals surface area (Å²) in [6, 6.07) is 15.4. The molecule has 2 atom stereocenters. The lowest BCUT2D eigenvalue weighted by atomic mass is 10.0. The molecule has 0 spiro atoms. The second kappa shape index (κ2) is 7.13. The molecule has 0 aromatic heterocycles. The molecule has 0 aliphatic carbocycles. The van der Waals surface area contributed by atoms with Gasteiger partial charge in [0.05, 0.1) is 6.10 Å². The minimum Gasteiger partial charge on any atom is -0.372 e. The quantitative estimate of drug-likeness (QED) is 0.885. The van der Waals surface area contributed by atoms with Crippen LogP contribution >= 0.6 is 11.6 Å². The van der Waals surface area contributed by atoms with Gasteiger partial charge in [0.25, 0.3) is 0 Å². The van der Waals surface area contributed by atoms with Crippen LogP contribution in [-0.2, 0) is 11.3 Å². The Hall–Kier alpha value is -1.88. The molecule has 1 fully saturated rings. The molecule has 0 saturated carbocycles. The van der Waals surface area contributed by atoms with Crippen molar-refractivity contribution in [1.82, 2.24) is 5.32 Å². The summed E-state index contributed by atoms with van der Waals surface area (Å²) in [7, 11) is 0. The van der Waals surface area contributed by atoms with Crippen LogP contribution in [0.3, 0.4) is 0 Å². The summed E-state index contributed by atoms with van der Waals surface area (Å²) in [6.45, 7) is 1.39. The molecule has 2 aromatic carbocycles. The Bertz CT molecular complexity index is 688. The summed E-state index contributed by atoms with van der Waals surface area (Å²) >= 11 is 5.94. The molecule has 0 bridgehead atoms. The van der Waals surface area contributed by atoms with Crippen LogP contribution in [0, 0.1) is 0 Å². The van der Waals surface area contributed by atoms with E-state index < -0.39 is 5.91 Å². The van der Waals surface area contributed by atoms with Gasteiger partial charge < -0.3 is 15.8 Å². The van der Waals surface area contributed by atoms with Crippen LogP contribution in [0.4, 0.5) is 0 Å². The Labute approximate surface area is 140 Å². The topological polar surface area (TPSA) is 64.4 Å². The highest BCUT2D eigenvalue weighted by Crippen LogP contribution is 2.30. The molecule has 1 amide bonds. The first-order valence-corrected chi connectivity index (χ1v) is 8.00. The van der Waals surface area contributed by atoms with Gasteiger partial charge >= 0.3 is 0 Å². The van der Waals surface area contributed by atoms with Gasteiger partial charge in [-0.15, -0.1) is 0 Å². The third-order valence-corrected chi connectivity index (χ3v) is 4.32. The molecule has 3 N–H and O–H groups in total. The van der Waals surface area contributed by atoms with Crippen molar-refractivity contribution in [3.63, 3.8) is 0 Å². The Kier molecular flexibility index (Phi) is 4.96. The lowest BCUT2D eigenvalue weighted by Crippen LogP contribution is -2.31. The first-order chi connectivity index (χ1) is 11.1. The van der Waals surface area contributed by atoms with E-state index in [9.17, 15) is 4.79 Å². The largest absolute Gasteiger partial charge is 0.372 e. The summed E-state index contributed by atoms with van der Waals surface area (Å²) in [5.41, 5.74) is 8.00. The standard InChI is InChI=1S/C18H19ClN2O2/c19-15-6-4-13(5-7-15)17-16(8-9-23-17)21-11-12-2-1-3-14(10-12)18(20)22/h1-7,10,16-17,21H,8-9,11H2,(H2,20,22). The van der Waals surface area contributed by atoms with Gasteiger partial charge in [-0.05, 0) is 41.8 Å². The number of hydrogen-bond acceptors (Lipinski definition) is 3. The van der Waals surface area contributed by atoms with Crippen LogP contribution < -0.4 is 11.1 Å². The van der Waals surface area contributed by atoms with Gasteiger partial charge in [0, 0.05) is 29.8 Å². The summed E-state index contributed by atoms with van der Waals surface area (Å²) in [5, 5.41) is 4.24. The lowest BCUT2D eigenvalue weighted by molar-refractivity contribution is 0.0983. The average Bonchev–Trinajstić information content (AvgIpc) is 3.02. The molecular weight excluding hydrogens is 312 g/mol. The molecule has 23 heavy (non-hydrogen) atoms. The molecule has 2 unspecified atom stereocenters. The van der Waals surface area contributed by atoms with Gasteiger partial charge in [0.15, 0.2) is 0 Å². The first kappa shape index (κ1) is 16.0. The fraction of sp³-hybridized carbons (Fsp3) is 0.278. The first-order valence-electron chi connectivity index (χ1n) is 7.62. The third-order valence-electron chi connectivity index (χ3n) is 4.07. The normalized spacial score (nSPS) is 20.6. The number of carbonyl (C=O) groups is 1. The predicted octanol–water partition coefficient (Wildman–Crippen LogP) is 3.06. The van der Waals surface area contributed by atoms with Crippen LogP contribution in [-0.4, -0.2) is 18.6 Å². The summed E-state index contributed by atoms with van der Waals surface area (Å²) in [6.07, 6.45) is 0.967. The zero-order chi connectivity index (χ0) is 16.2. The molecule has 2 aromatic rings. The van der Waals surface area contributed by atoms with Crippen molar-refractivity contribution in [3.8, 4) is 0 Å². The third kappa shape index (κ3) is 3.91. The fourth-order valence-electron chi connectivity index (χ4n) is 2.86. The Morgan fingerprint density at radius 1 is 1.26 bits per heavy atom. The molecule has 4 nitrogen and oxygen atoms in total. The second-order valence-corrected chi connectivity index (χ2v) is 6.12. The van der Waals surface area contributed by atoms with Gasteiger partial charge in [-0.1, -0.05) is 35.9 Å². The number of nitrogens with two attached hydrogens (primary N) is 1. The monoisotopic (exact) mass is 330 g/mol. The van der Waals surface area contributed by atoms with Crippen molar-refractivity contribution >= 4 is 17.5 Å². The molecule has 1 heterocycles. The highest BCUT2D eigenvalue weighted by molar-refractivity contribution is 6.30. The highest BCUT2D eigenvalue weighted by Gasteiger charge is 2.29. The van der Waals surface area contributed by atoms with E-state index in [1.165, 1.54) is 0 Å². The molecule has 1 aliphatic rings. The van der Waals surface area contributed by atoms with Crippen molar-refractivity contribution < 1.29 is 9.53 Å². The number of halogens is 1. The van der Waals surface area contributed by atoms with Gasteiger partial charge in [-0.3, -0.25) is 4.79 Å². The zero-order valence-corrected chi connectivity index (χ0v) is 13.4. The van der Waals surface area contributed by atoms with Crippen LogP contribution in [0.1, 0.15) is 34.0 Å². The van der Waals surface area contributed by atoms with E-state index in [2.05, 4.69) is 5.32 Å². The molecule has 1 saturated heterocycles. The summed E-state index contributed by atoms with van der Waals surface area (Å²) in [4.78, 5) is 11.2. The molecule has 3 rings (SSSR count). The maximum absolute atomic E-state index is 11.2. The van der Waals surface area contributed by atoms with E-state index in [-0.39, 0.29) is 12.1 Å². The van der Waals surface area contributed by atoms with Crippen molar-refractivity contribution in [2.45, 2.75) is 25.1 Å². The predicted molar refractivity (Wildman–Crippen MR) is 90.3 cm³/mol. The molecule has 5 heteroatoms. The average molecular weight is 331 g/mol. The number of rotatable bonds is 5. The minimum atomic E-state index is -0.407. The molecule has 120 valence electrons. The Morgan fingerprint density at radius 3 is 2.78 bits per heavy atom. The Morgan fingerprint density at radius 2 is 2.04 bits per heavy atom. The number of benzene rings is 2.